The summed E-state index contributed by atoms with van der Waals surface area (Å²) in [5, 5.41) is 0. The minimum atomic E-state index is 0.520. The summed E-state index contributed by atoms with van der Waals surface area (Å²) in [5.41, 5.74) is 2.60. The van der Waals surface area contributed by atoms with Gasteiger partial charge in [0, 0.05) is 5.56 Å². The molecule has 1 aromatic carbocycles. The Morgan fingerprint density at radius 3 is 2.57 bits per heavy atom. The third-order valence-corrected chi connectivity index (χ3v) is 2.42. The van der Waals surface area contributed by atoms with E-state index >= 15 is 0 Å². The van der Waals surface area contributed by atoms with Crippen molar-refractivity contribution >= 4 is 0 Å². The zero-order valence-electron chi connectivity index (χ0n) is 9.21. The lowest BCUT2D eigenvalue weighted by Crippen LogP contribution is -2.07. The summed E-state index contributed by atoms with van der Waals surface area (Å²) in [6, 6.07) is 6.08. The van der Waals surface area contributed by atoms with Crippen molar-refractivity contribution in [1.82, 2.24) is 0 Å². The normalized spacial score (nSPS) is 10.6. The van der Waals surface area contributed by atoms with E-state index in [2.05, 4.69) is 26.8 Å². The van der Waals surface area contributed by atoms with Crippen molar-refractivity contribution in [2.45, 2.75) is 39.5 Å². The van der Waals surface area contributed by atoms with Gasteiger partial charge in [-0.1, -0.05) is 39.3 Å². The fraction of sp³-hybridized carbons (Fsp3) is 0.500. The molecule has 1 rings (SSSR count). The monoisotopic (exact) mass is 193 g/mol. The van der Waals surface area contributed by atoms with Crippen LogP contribution in [0.4, 0.5) is 0 Å². The predicted octanol–water partition coefficient (Wildman–Crippen LogP) is 3.02. The van der Waals surface area contributed by atoms with Gasteiger partial charge in [0.2, 0.25) is 0 Å². The highest BCUT2D eigenvalue weighted by molar-refractivity contribution is 5.41. The van der Waals surface area contributed by atoms with E-state index in [1.54, 1.807) is 0 Å². The molecule has 0 spiro atoms. The molecule has 0 radical (unpaired) electrons. The molecule has 2 nitrogen and oxygen atoms in total. The average molecular weight is 193 g/mol. The Morgan fingerprint density at radius 2 is 2.07 bits per heavy atom. The van der Waals surface area contributed by atoms with Crippen molar-refractivity contribution < 1.29 is 4.84 Å². The molecule has 0 unspecified atom stereocenters. The molecule has 0 atom stereocenters. The molecule has 0 aliphatic heterocycles. The molecular weight excluding hydrogens is 174 g/mol. The fourth-order valence-corrected chi connectivity index (χ4v) is 1.75. The molecular formula is C12H19NO. The topological polar surface area (TPSA) is 35.2 Å². The first-order valence-corrected chi connectivity index (χ1v) is 5.19. The van der Waals surface area contributed by atoms with Gasteiger partial charge in [-0.15, -0.1) is 0 Å². The molecule has 0 aliphatic rings. The van der Waals surface area contributed by atoms with E-state index < -0.39 is 0 Å². The predicted molar refractivity (Wildman–Crippen MR) is 59.3 cm³/mol. The van der Waals surface area contributed by atoms with E-state index in [0.29, 0.717) is 5.92 Å². The Bertz CT molecular complexity index is 294. The molecule has 78 valence electrons. The molecule has 0 saturated carbocycles. The highest BCUT2D eigenvalue weighted by atomic mass is 16.6. The SMILES string of the molecule is CCCc1c(ON)cccc1C(C)C. The van der Waals surface area contributed by atoms with Gasteiger partial charge in [-0.2, -0.15) is 5.90 Å². The van der Waals surface area contributed by atoms with Crippen LogP contribution in [0.1, 0.15) is 44.2 Å². The molecule has 0 heterocycles. The highest BCUT2D eigenvalue weighted by Crippen LogP contribution is 2.28. The summed E-state index contributed by atoms with van der Waals surface area (Å²) < 4.78 is 0. The Hall–Kier alpha value is -1.02. The van der Waals surface area contributed by atoms with Crippen molar-refractivity contribution in [3.63, 3.8) is 0 Å². The van der Waals surface area contributed by atoms with Gasteiger partial charge in [0.15, 0.2) is 0 Å². The first-order valence-electron chi connectivity index (χ1n) is 5.19. The van der Waals surface area contributed by atoms with Gasteiger partial charge in [-0.25, -0.2) is 0 Å². The molecule has 0 aromatic heterocycles. The summed E-state index contributed by atoms with van der Waals surface area (Å²) in [4.78, 5) is 4.89. The van der Waals surface area contributed by atoms with Gasteiger partial charge in [0.05, 0.1) is 0 Å². The largest absolute Gasteiger partial charge is 0.411 e. The van der Waals surface area contributed by atoms with Gasteiger partial charge in [0.25, 0.3) is 0 Å². The maximum absolute atomic E-state index is 5.25. The third kappa shape index (κ3) is 2.26. The van der Waals surface area contributed by atoms with Crippen LogP contribution in [0.5, 0.6) is 5.75 Å². The molecule has 2 N–H and O–H groups in total. The van der Waals surface area contributed by atoms with Crippen LogP contribution < -0.4 is 10.7 Å². The van der Waals surface area contributed by atoms with E-state index in [9.17, 15) is 0 Å². The lowest BCUT2D eigenvalue weighted by atomic mass is 9.94. The van der Waals surface area contributed by atoms with Crippen LogP contribution >= 0.6 is 0 Å². The first kappa shape index (κ1) is 11.1. The van der Waals surface area contributed by atoms with Crippen molar-refractivity contribution in [3.8, 4) is 5.75 Å². The average Bonchev–Trinajstić information content (AvgIpc) is 2.18. The van der Waals surface area contributed by atoms with E-state index in [-0.39, 0.29) is 0 Å². The van der Waals surface area contributed by atoms with Gasteiger partial charge < -0.3 is 4.84 Å². The van der Waals surface area contributed by atoms with Crippen molar-refractivity contribution in [2.24, 2.45) is 5.90 Å². The van der Waals surface area contributed by atoms with E-state index in [1.807, 2.05) is 12.1 Å². The number of hydrogen-bond donors (Lipinski definition) is 1. The van der Waals surface area contributed by atoms with Crippen LogP contribution in [0.25, 0.3) is 0 Å². The smallest absolute Gasteiger partial charge is 0.150 e. The van der Waals surface area contributed by atoms with Gasteiger partial charge >= 0.3 is 0 Å². The van der Waals surface area contributed by atoms with E-state index in [1.165, 1.54) is 11.1 Å². The van der Waals surface area contributed by atoms with Crippen molar-refractivity contribution in [1.29, 1.82) is 0 Å². The second-order valence-corrected chi connectivity index (χ2v) is 3.85. The molecule has 0 saturated heterocycles. The fourth-order valence-electron chi connectivity index (χ4n) is 1.75. The molecule has 14 heavy (non-hydrogen) atoms. The van der Waals surface area contributed by atoms with E-state index in [0.717, 1.165) is 18.6 Å². The van der Waals surface area contributed by atoms with Crippen LogP contribution in [0.3, 0.4) is 0 Å². The zero-order chi connectivity index (χ0) is 10.6. The quantitative estimate of drug-likeness (QED) is 0.746. The van der Waals surface area contributed by atoms with E-state index in [4.69, 9.17) is 10.7 Å². The maximum atomic E-state index is 5.25. The molecule has 0 bridgehead atoms. The minimum Gasteiger partial charge on any atom is -0.411 e. The summed E-state index contributed by atoms with van der Waals surface area (Å²) in [5.74, 6) is 6.59. The summed E-state index contributed by atoms with van der Waals surface area (Å²) in [7, 11) is 0. The van der Waals surface area contributed by atoms with Gasteiger partial charge in [0.1, 0.15) is 5.75 Å². The number of nitrogens with two attached hydrogens (primary N) is 1. The zero-order valence-corrected chi connectivity index (χ0v) is 9.21. The van der Waals surface area contributed by atoms with Crippen LogP contribution in [-0.2, 0) is 6.42 Å². The Morgan fingerprint density at radius 1 is 1.36 bits per heavy atom. The molecule has 2 heteroatoms. The van der Waals surface area contributed by atoms with Crippen LogP contribution in [0.15, 0.2) is 18.2 Å². The third-order valence-electron chi connectivity index (χ3n) is 2.42. The molecule has 0 amide bonds. The van der Waals surface area contributed by atoms with Crippen molar-refractivity contribution in [3.05, 3.63) is 29.3 Å². The molecule has 0 fully saturated rings. The maximum Gasteiger partial charge on any atom is 0.150 e. The molecule has 0 aliphatic carbocycles. The van der Waals surface area contributed by atoms with Crippen LogP contribution in [-0.4, -0.2) is 0 Å². The molecule has 1 aromatic rings. The Labute approximate surface area is 86.0 Å². The summed E-state index contributed by atoms with van der Waals surface area (Å²) in [6.07, 6.45) is 2.14. The van der Waals surface area contributed by atoms with Crippen LogP contribution in [0, 0.1) is 0 Å². The number of benzene rings is 1. The minimum absolute atomic E-state index is 0.520. The van der Waals surface area contributed by atoms with Crippen molar-refractivity contribution in [2.75, 3.05) is 0 Å². The van der Waals surface area contributed by atoms with Gasteiger partial charge in [-0.05, 0) is 24.0 Å². The Kier molecular flexibility index (Phi) is 3.96. The number of rotatable bonds is 4. The summed E-state index contributed by atoms with van der Waals surface area (Å²) >= 11 is 0. The lowest BCUT2D eigenvalue weighted by molar-refractivity contribution is 0.330. The highest BCUT2D eigenvalue weighted by Gasteiger charge is 2.10. The number of hydrogen-bond acceptors (Lipinski definition) is 2. The van der Waals surface area contributed by atoms with Crippen LogP contribution in [0.2, 0.25) is 0 Å². The van der Waals surface area contributed by atoms with Gasteiger partial charge in [-0.3, -0.25) is 0 Å². The first-order chi connectivity index (χ1) is 6.70. The second kappa shape index (κ2) is 5.01. The Balaban J connectivity index is 3.13. The second-order valence-electron chi connectivity index (χ2n) is 3.85. The summed E-state index contributed by atoms with van der Waals surface area (Å²) in [6.45, 7) is 6.54. The lowest BCUT2D eigenvalue weighted by Gasteiger charge is -2.15. The standard InChI is InChI=1S/C12H19NO/c1-4-6-11-10(9(2)3)7-5-8-12(11)14-13/h5,7-9H,4,6,13H2,1-3H3.